The van der Waals surface area contributed by atoms with Gasteiger partial charge in [-0.2, -0.15) is 5.10 Å². The van der Waals surface area contributed by atoms with Crippen molar-refractivity contribution in [1.29, 1.82) is 0 Å². The van der Waals surface area contributed by atoms with Crippen LogP contribution >= 0.6 is 0 Å². The molecule has 0 N–H and O–H groups in total. The van der Waals surface area contributed by atoms with Crippen molar-refractivity contribution in [2.45, 2.75) is 0 Å². The van der Waals surface area contributed by atoms with Crippen LogP contribution in [0.2, 0.25) is 0 Å². The minimum atomic E-state index is 0.669. The molecule has 0 atom stereocenters. The smallest absolute Gasteiger partial charge is 0.160 e. The third-order valence-electron chi connectivity index (χ3n) is 12.0. The Morgan fingerprint density at radius 1 is 0.311 bits per heavy atom. The van der Waals surface area contributed by atoms with Crippen molar-refractivity contribution in [3.8, 4) is 67.5 Å². The van der Waals surface area contributed by atoms with Crippen LogP contribution in [-0.4, -0.2) is 19.6 Å². The Hall–Kier alpha value is -8.21. The number of pyridine rings is 1. The minimum absolute atomic E-state index is 0.669. The molecule has 284 valence electrons. The first-order chi connectivity index (χ1) is 30.2. The SMILES string of the molecule is c1ccc(-c2cc(-c3ccc4c5ccccc5c5ccccc5c4c3)nc(-c3ccc(-c4nn5c(-c6ccccc6)cc6ccccc6c5c4-c4ccccc4)cc3)n2)cc1. The molecule has 9 aromatic carbocycles. The monoisotopic (exact) mass is 776 g/mol. The van der Waals surface area contributed by atoms with Gasteiger partial charge in [0, 0.05) is 38.8 Å². The first kappa shape index (κ1) is 34.8. The van der Waals surface area contributed by atoms with Crippen LogP contribution in [0, 0.1) is 0 Å². The number of aromatic nitrogens is 4. The van der Waals surface area contributed by atoms with Gasteiger partial charge >= 0.3 is 0 Å². The Bertz CT molecular complexity index is 3580. The van der Waals surface area contributed by atoms with Crippen LogP contribution in [0.4, 0.5) is 0 Å². The second-order valence-corrected chi connectivity index (χ2v) is 15.6. The summed E-state index contributed by atoms with van der Waals surface area (Å²) >= 11 is 0. The summed E-state index contributed by atoms with van der Waals surface area (Å²) < 4.78 is 2.14. The molecule has 0 amide bonds. The lowest BCUT2D eigenvalue weighted by Crippen LogP contribution is -1.96. The first-order valence-corrected chi connectivity index (χ1v) is 20.7. The van der Waals surface area contributed by atoms with E-state index in [-0.39, 0.29) is 0 Å². The van der Waals surface area contributed by atoms with E-state index in [0.29, 0.717) is 5.82 Å². The highest BCUT2D eigenvalue weighted by molar-refractivity contribution is 6.25. The largest absolute Gasteiger partial charge is 0.231 e. The second kappa shape index (κ2) is 14.3. The minimum Gasteiger partial charge on any atom is -0.231 e. The summed E-state index contributed by atoms with van der Waals surface area (Å²) in [7, 11) is 0. The Morgan fingerprint density at radius 2 is 0.787 bits per heavy atom. The van der Waals surface area contributed by atoms with Gasteiger partial charge in [-0.3, -0.25) is 0 Å². The van der Waals surface area contributed by atoms with E-state index >= 15 is 0 Å². The second-order valence-electron chi connectivity index (χ2n) is 15.6. The van der Waals surface area contributed by atoms with Gasteiger partial charge in [0.15, 0.2) is 5.82 Å². The lowest BCUT2D eigenvalue weighted by atomic mass is 9.92. The van der Waals surface area contributed by atoms with Crippen molar-refractivity contribution >= 4 is 48.6 Å². The predicted octanol–water partition coefficient (Wildman–Crippen LogP) is 14.7. The molecule has 0 aliphatic carbocycles. The fraction of sp³-hybridized carbons (Fsp3) is 0. The number of hydrogen-bond acceptors (Lipinski definition) is 3. The summed E-state index contributed by atoms with van der Waals surface area (Å²) in [5, 5.41) is 15.2. The van der Waals surface area contributed by atoms with Crippen LogP contribution in [-0.2, 0) is 0 Å². The quantitative estimate of drug-likeness (QED) is 0.158. The Balaban J connectivity index is 1.03. The van der Waals surface area contributed by atoms with Gasteiger partial charge in [-0.25, -0.2) is 14.5 Å². The fourth-order valence-corrected chi connectivity index (χ4v) is 9.11. The summed E-state index contributed by atoms with van der Waals surface area (Å²) in [5.74, 6) is 0.669. The fourth-order valence-electron chi connectivity index (χ4n) is 9.11. The van der Waals surface area contributed by atoms with Crippen LogP contribution in [0.15, 0.2) is 218 Å². The normalized spacial score (nSPS) is 11.6. The van der Waals surface area contributed by atoms with Crippen molar-refractivity contribution < 1.29 is 0 Å². The van der Waals surface area contributed by atoms with Crippen LogP contribution in [0.5, 0.6) is 0 Å². The molecule has 0 spiro atoms. The Labute approximate surface area is 352 Å². The molecule has 4 heteroatoms. The molecule has 0 radical (unpaired) electrons. The average Bonchev–Trinajstić information content (AvgIpc) is 3.76. The summed E-state index contributed by atoms with van der Waals surface area (Å²) in [4.78, 5) is 10.5. The lowest BCUT2D eigenvalue weighted by Gasteiger charge is -2.13. The Morgan fingerprint density at radius 3 is 1.43 bits per heavy atom. The standard InChI is InChI=1S/C57H36N4/c1-4-16-37(17-5-1)51-36-52(43-32-33-49-47-26-13-12-24-45(47)46-25-14-15-27-48(46)50(49)34-43)59-57(58-51)41-30-28-40(29-31-41)55-54(39-20-8-3-9-21-39)56-44-23-11-10-22-42(44)35-53(61(56)60-55)38-18-6-2-7-19-38/h1-36H. The molecule has 61 heavy (non-hydrogen) atoms. The highest BCUT2D eigenvalue weighted by atomic mass is 15.2. The molecule has 0 bridgehead atoms. The number of fused-ring (bicyclic) bond motifs is 9. The van der Waals surface area contributed by atoms with E-state index in [2.05, 4.69) is 217 Å². The third-order valence-corrected chi connectivity index (χ3v) is 12.0. The van der Waals surface area contributed by atoms with Gasteiger partial charge in [0.2, 0.25) is 0 Å². The van der Waals surface area contributed by atoms with Gasteiger partial charge in [-0.15, -0.1) is 0 Å². The maximum Gasteiger partial charge on any atom is 0.160 e. The molecule has 0 fully saturated rings. The maximum atomic E-state index is 5.45. The van der Waals surface area contributed by atoms with E-state index in [1.165, 1.54) is 37.7 Å². The van der Waals surface area contributed by atoms with E-state index in [9.17, 15) is 0 Å². The Kier molecular flexibility index (Phi) is 8.13. The van der Waals surface area contributed by atoms with Crippen LogP contribution < -0.4 is 0 Å². The van der Waals surface area contributed by atoms with Gasteiger partial charge in [0.25, 0.3) is 0 Å². The van der Waals surface area contributed by atoms with Gasteiger partial charge < -0.3 is 0 Å². The summed E-state index contributed by atoms with van der Waals surface area (Å²) in [6.07, 6.45) is 0. The van der Waals surface area contributed by atoms with Gasteiger partial charge in [0.1, 0.15) is 5.69 Å². The molecule has 12 aromatic rings. The van der Waals surface area contributed by atoms with Crippen molar-refractivity contribution in [2.75, 3.05) is 0 Å². The zero-order valence-electron chi connectivity index (χ0n) is 33.1. The average molecular weight is 777 g/mol. The highest BCUT2D eigenvalue weighted by Gasteiger charge is 2.22. The molecule has 0 saturated carbocycles. The predicted molar refractivity (Wildman–Crippen MR) is 253 cm³/mol. The van der Waals surface area contributed by atoms with Crippen molar-refractivity contribution in [2.24, 2.45) is 0 Å². The number of nitrogens with zero attached hydrogens (tertiary/aromatic N) is 4. The van der Waals surface area contributed by atoms with E-state index in [0.717, 1.165) is 72.6 Å². The van der Waals surface area contributed by atoms with E-state index in [4.69, 9.17) is 15.1 Å². The number of hydrogen-bond donors (Lipinski definition) is 0. The highest BCUT2D eigenvalue weighted by Crippen LogP contribution is 2.42. The topological polar surface area (TPSA) is 43.1 Å². The number of rotatable bonds is 6. The van der Waals surface area contributed by atoms with E-state index in [1.54, 1.807) is 0 Å². The molecule has 4 nitrogen and oxygen atoms in total. The zero-order chi connectivity index (χ0) is 40.3. The maximum absolute atomic E-state index is 5.45. The molecule has 3 heterocycles. The molecule has 0 aliphatic rings. The van der Waals surface area contributed by atoms with Crippen LogP contribution in [0.25, 0.3) is 116 Å². The molecule has 0 unspecified atom stereocenters. The summed E-state index contributed by atoms with van der Waals surface area (Å²) in [5.41, 5.74) is 12.2. The van der Waals surface area contributed by atoms with Gasteiger partial charge in [0.05, 0.1) is 22.6 Å². The molecular weight excluding hydrogens is 741 g/mol. The van der Waals surface area contributed by atoms with Crippen LogP contribution in [0.3, 0.4) is 0 Å². The number of benzene rings is 9. The molecule has 12 rings (SSSR count). The van der Waals surface area contributed by atoms with Crippen LogP contribution in [0.1, 0.15) is 0 Å². The van der Waals surface area contributed by atoms with E-state index in [1.807, 2.05) is 6.07 Å². The van der Waals surface area contributed by atoms with Gasteiger partial charge in [-0.1, -0.05) is 200 Å². The molecule has 0 saturated heterocycles. The van der Waals surface area contributed by atoms with Gasteiger partial charge in [-0.05, 0) is 61.5 Å². The zero-order valence-corrected chi connectivity index (χ0v) is 33.1. The van der Waals surface area contributed by atoms with Crippen molar-refractivity contribution in [3.05, 3.63) is 218 Å². The molecule has 0 aliphatic heterocycles. The third kappa shape index (κ3) is 5.88. The summed E-state index contributed by atoms with van der Waals surface area (Å²) in [6.45, 7) is 0. The lowest BCUT2D eigenvalue weighted by molar-refractivity contribution is 0.979. The van der Waals surface area contributed by atoms with Crippen molar-refractivity contribution in [3.63, 3.8) is 0 Å². The molecular formula is C57H36N4. The first-order valence-electron chi connectivity index (χ1n) is 20.7. The summed E-state index contributed by atoms with van der Waals surface area (Å²) in [6, 6.07) is 77.3. The van der Waals surface area contributed by atoms with E-state index < -0.39 is 0 Å². The van der Waals surface area contributed by atoms with Crippen molar-refractivity contribution in [1.82, 2.24) is 19.6 Å². The molecule has 3 aromatic heterocycles.